The molecule has 0 aromatic rings. The van der Waals surface area contributed by atoms with Crippen LogP contribution in [0.5, 0.6) is 0 Å². The summed E-state index contributed by atoms with van der Waals surface area (Å²) in [4.78, 5) is 59.4. The van der Waals surface area contributed by atoms with Crippen molar-refractivity contribution in [2.45, 2.75) is 65.1 Å². The number of carbonyl (C=O) groups excluding carboxylic acids is 4. The van der Waals surface area contributed by atoms with Gasteiger partial charge < -0.3 is 31.2 Å². The second kappa shape index (κ2) is 11.4. The molecular weight excluding hydrogens is 380 g/mol. The summed E-state index contributed by atoms with van der Waals surface area (Å²) in [5.41, 5.74) is 0. The van der Waals surface area contributed by atoms with Crippen molar-refractivity contribution < 1.29 is 29.1 Å². The Balaban J connectivity index is 2.82. The highest BCUT2D eigenvalue weighted by Crippen LogP contribution is 2.16. The molecule has 1 fully saturated rings. The molecule has 4 unspecified atom stereocenters. The minimum Gasteiger partial charge on any atom is -0.465 e. The number of carbonyl (C=O) groups is 5. The molecule has 1 saturated heterocycles. The fourth-order valence-electron chi connectivity index (χ4n) is 3.24. The van der Waals surface area contributed by atoms with Crippen LogP contribution in [0.25, 0.3) is 0 Å². The predicted octanol–water partition coefficient (Wildman–Crippen LogP) is 0.0194. The van der Waals surface area contributed by atoms with E-state index < -0.39 is 36.0 Å². The number of carboxylic acid groups (broad SMARTS) is 1. The molecule has 10 heteroatoms. The fraction of sp³-hybridized carbons (Fsp3) is 0.737. The average Bonchev–Trinajstić information content (AvgIpc) is 3.02. The highest BCUT2D eigenvalue weighted by atomic mass is 16.4. The third-order valence-electron chi connectivity index (χ3n) is 4.76. The number of aldehydes is 1. The molecule has 1 aliphatic heterocycles. The van der Waals surface area contributed by atoms with Crippen LogP contribution in [0.4, 0.5) is 4.79 Å². The topological polar surface area (TPSA) is 154 Å². The van der Waals surface area contributed by atoms with E-state index in [-0.39, 0.29) is 30.1 Å². The second-order valence-electron chi connectivity index (χ2n) is 8.13. The number of rotatable bonds is 11. The van der Waals surface area contributed by atoms with Gasteiger partial charge in [-0.1, -0.05) is 27.7 Å². The fourth-order valence-corrected chi connectivity index (χ4v) is 3.24. The van der Waals surface area contributed by atoms with E-state index in [0.29, 0.717) is 25.7 Å². The first-order valence-corrected chi connectivity index (χ1v) is 9.88. The van der Waals surface area contributed by atoms with Crippen LogP contribution in [-0.4, -0.2) is 59.9 Å². The summed E-state index contributed by atoms with van der Waals surface area (Å²) < 4.78 is 0. The van der Waals surface area contributed by atoms with Crippen LogP contribution >= 0.6 is 0 Å². The van der Waals surface area contributed by atoms with E-state index in [2.05, 4.69) is 21.3 Å². The van der Waals surface area contributed by atoms with E-state index in [1.54, 1.807) is 13.8 Å². The molecular formula is C19H32N4O6. The molecule has 1 heterocycles. The molecule has 1 aliphatic rings. The molecule has 0 aromatic carbocycles. The van der Waals surface area contributed by atoms with Crippen LogP contribution in [0, 0.1) is 17.8 Å². The van der Waals surface area contributed by atoms with Crippen LogP contribution in [0.15, 0.2) is 0 Å². The monoisotopic (exact) mass is 412 g/mol. The van der Waals surface area contributed by atoms with Gasteiger partial charge in [0.15, 0.2) is 0 Å². The largest absolute Gasteiger partial charge is 0.465 e. The van der Waals surface area contributed by atoms with Crippen molar-refractivity contribution in [1.29, 1.82) is 0 Å². The van der Waals surface area contributed by atoms with Crippen molar-refractivity contribution in [3.63, 3.8) is 0 Å². The summed E-state index contributed by atoms with van der Waals surface area (Å²) in [5.74, 6) is -1.89. The summed E-state index contributed by atoms with van der Waals surface area (Å²) in [5, 5.41) is 19.0. The van der Waals surface area contributed by atoms with Crippen molar-refractivity contribution in [3.8, 4) is 0 Å². The van der Waals surface area contributed by atoms with Gasteiger partial charge in [-0.15, -0.1) is 0 Å². The molecule has 29 heavy (non-hydrogen) atoms. The molecule has 0 bridgehead atoms. The first-order valence-electron chi connectivity index (χ1n) is 9.88. The lowest BCUT2D eigenvalue weighted by molar-refractivity contribution is -0.132. The zero-order valence-corrected chi connectivity index (χ0v) is 17.4. The number of amides is 4. The molecule has 0 aliphatic carbocycles. The molecule has 5 N–H and O–H groups in total. The molecule has 4 amide bonds. The molecule has 0 aromatic heterocycles. The summed E-state index contributed by atoms with van der Waals surface area (Å²) in [6.07, 6.45) is 0.353. The third kappa shape index (κ3) is 8.08. The van der Waals surface area contributed by atoms with Gasteiger partial charge in [0, 0.05) is 12.5 Å². The van der Waals surface area contributed by atoms with Gasteiger partial charge in [0.1, 0.15) is 18.4 Å². The summed E-state index contributed by atoms with van der Waals surface area (Å²) in [7, 11) is 0. The summed E-state index contributed by atoms with van der Waals surface area (Å²) in [6.45, 7) is 7.67. The lowest BCUT2D eigenvalue weighted by Crippen LogP contribution is -2.56. The van der Waals surface area contributed by atoms with Gasteiger partial charge in [0.05, 0.1) is 6.04 Å². The maximum absolute atomic E-state index is 12.7. The minimum atomic E-state index is -1.33. The average molecular weight is 412 g/mol. The van der Waals surface area contributed by atoms with Gasteiger partial charge in [-0.2, -0.15) is 0 Å². The quantitative estimate of drug-likeness (QED) is 0.302. The Labute approximate surface area is 170 Å². The Kier molecular flexibility index (Phi) is 9.57. The van der Waals surface area contributed by atoms with Crippen molar-refractivity contribution in [2.75, 3.05) is 6.54 Å². The van der Waals surface area contributed by atoms with Gasteiger partial charge >= 0.3 is 6.09 Å². The van der Waals surface area contributed by atoms with Gasteiger partial charge in [0.2, 0.25) is 17.7 Å². The molecule has 0 radical (unpaired) electrons. The van der Waals surface area contributed by atoms with Crippen molar-refractivity contribution >= 4 is 30.1 Å². The minimum absolute atomic E-state index is 0.0614. The van der Waals surface area contributed by atoms with E-state index in [1.807, 2.05) is 13.8 Å². The van der Waals surface area contributed by atoms with Gasteiger partial charge in [-0.3, -0.25) is 14.4 Å². The zero-order chi connectivity index (χ0) is 22.1. The van der Waals surface area contributed by atoms with E-state index in [9.17, 15) is 24.0 Å². The molecule has 4 atom stereocenters. The van der Waals surface area contributed by atoms with Gasteiger partial charge in [0.25, 0.3) is 0 Å². The van der Waals surface area contributed by atoms with Crippen LogP contribution in [0.3, 0.4) is 0 Å². The molecule has 1 rings (SSSR count). The Morgan fingerprint density at radius 1 is 1.14 bits per heavy atom. The number of nitrogens with one attached hydrogen (secondary N) is 4. The van der Waals surface area contributed by atoms with Crippen molar-refractivity contribution in [2.24, 2.45) is 17.8 Å². The smallest absolute Gasteiger partial charge is 0.405 e. The molecule has 0 saturated carbocycles. The lowest BCUT2D eigenvalue weighted by Gasteiger charge is -2.26. The van der Waals surface area contributed by atoms with Crippen molar-refractivity contribution in [3.05, 3.63) is 0 Å². The molecule has 164 valence electrons. The van der Waals surface area contributed by atoms with Crippen molar-refractivity contribution in [1.82, 2.24) is 21.3 Å². The maximum Gasteiger partial charge on any atom is 0.405 e. The van der Waals surface area contributed by atoms with Gasteiger partial charge in [-0.25, -0.2) is 4.79 Å². The first kappa shape index (κ1) is 24.4. The SMILES string of the molecule is CC(C)CC(NC(=O)C(NC(=O)O)C(C)C)C(=O)NC(C=O)CC1CCNC1=O. The van der Waals surface area contributed by atoms with Gasteiger partial charge in [-0.05, 0) is 31.1 Å². The Hall–Kier alpha value is -2.65. The standard InChI is InChI=1S/C19H32N4O6/c1-10(2)7-14(22-18(27)15(11(3)4)23-19(28)29)17(26)21-13(9-24)8-12-5-6-20-16(12)25/h9-15,23H,5-8H2,1-4H3,(H,20,25)(H,21,26)(H,22,27)(H,28,29). The maximum atomic E-state index is 12.7. The number of hydrogen-bond donors (Lipinski definition) is 5. The van der Waals surface area contributed by atoms with E-state index in [4.69, 9.17) is 5.11 Å². The Morgan fingerprint density at radius 2 is 1.79 bits per heavy atom. The Morgan fingerprint density at radius 3 is 2.24 bits per heavy atom. The van der Waals surface area contributed by atoms with Crippen LogP contribution in [-0.2, 0) is 19.2 Å². The van der Waals surface area contributed by atoms with Crippen LogP contribution in [0.2, 0.25) is 0 Å². The first-order chi connectivity index (χ1) is 13.5. The third-order valence-corrected chi connectivity index (χ3v) is 4.76. The highest BCUT2D eigenvalue weighted by Gasteiger charge is 2.32. The Bertz CT molecular complexity index is 622. The zero-order valence-electron chi connectivity index (χ0n) is 17.4. The van der Waals surface area contributed by atoms with E-state index in [0.717, 1.165) is 0 Å². The van der Waals surface area contributed by atoms with Crippen LogP contribution in [0.1, 0.15) is 47.0 Å². The van der Waals surface area contributed by atoms with E-state index in [1.165, 1.54) is 0 Å². The van der Waals surface area contributed by atoms with E-state index >= 15 is 0 Å². The number of hydrogen-bond acceptors (Lipinski definition) is 5. The molecule has 10 nitrogen and oxygen atoms in total. The summed E-state index contributed by atoms with van der Waals surface area (Å²) in [6, 6.07) is -2.79. The predicted molar refractivity (Wildman–Crippen MR) is 105 cm³/mol. The summed E-state index contributed by atoms with van der Waals surface area (Å²) >= 11 is 0. The lowest BCUT2D eigenvalue weighted by atomic mass is 9.97. The normalized spacial score (nSPS) is 19.2. The second-order valence-corrected chi connectivity index (χ2v) is 8.13. The highest BCUT2D eigenvalue weighted by molar-refractivity contribution is 5.92. The van der Waals surface area contributed by atoms with Crippen LogP contribution < -0.4 is 21.3 Å². The molecule has 0 spiro atoms.